The molecule has 1 fully saturated rings. The average Bonchev–Trinajstić information content (AvgIpc) is 3.48. The van der Waals surface area contributed by atoms with Crippen LogP contribution in [-0.4, -0.2) is 53.2 Å². The highest BCUT2D eigenvalue weighted by Crippen LogP contribution is 2.34. The maximum Gasteiger partial charge on any atom is 0.271 e. The second kappa shape index (κ2) is 8.56. The highest BCUT2D eigenvalue weighted by Gasteiger charge is 2.47. The van der Waals surface area contributed by atoms with Crippen molar-refractivity contribution in [3.8, 4) is 5.75 Å². The molecule has 0 unspecified atom stereocenters. The smallest absolute Gasteiger partial charge is 0.271 e. The molecule has 3 heterocycles. The van der Waals surface area contributed by atoms with Gasteiger partial charge in [0.1, 0.15) is 17.0 Å². The van der Waals surface area contributed by atoms with Crippen molar-refractivity contribution in [3.63, 3.8) is 0 Å². The minimum absolute atomic E-state index is 0.0339. The molecule has 7 nitrogen and oxygen atoms in total. The number of ether oxygens (including phenoxy) is 2. The van der Waals surface area contributed by atoms with Gasteiger partial charge in [0, 0.05) is 31.1 Å². The Hall–Kier alpha value is -3.32. The predicted molar refractivity (Wildman–Crippen MR) is 125 cm³/mol. The Morgan fingerprint density at radius 1 is 1.21 bits per heavy atom. The summed E-state index contributed by atoms with van der Waals surface area (Å²) < 4.78 is 13.0. The number of carbonyl (C=O) groups is 2. The zero-order valence-corrected chi connectivity index (χ0v) is 19.0. The minimum atomic E-state index is -1.06. The van der Waals surface area contributed by atoms with E-state index >= 15 is 0 Å². The number of benzene rings is 2. The second-order valence-electron chi connectivity index (χ2n) is 9.04. The fourth-order valence-electron chi connectivity index (χ4n) is 4.87. The Morgan fingerprint density at radius 2 is 2.03 bits per heavy atom. The number of amides is 2. The number of methoxy groups -OCH3 is 1. The summed E-state index contributed by atoms with van der Waals surface area (Å²) in [4.78, 5) is 29.1. The fourth-order valence-corrected chi connectivity index (χ4v) is 4.87. The molecule has 2 amide bonds. The summed E-state index contributed by atoms with van der Waals surface area (Å²) in [6.45, 7) is 3.75. The molecule has 172 valence electrons. The molecular formula is C26H29N3O4. The number of aromatic nitrogens is 1. The summed E-state index contributed by atoms with van der Waals surface area (Å²) in [6.07, 6.45) is 1.99. The molecule has 2 atom stereocenters. The molecule has 0 spiro atoms. The summed E-state index contributed by atoms with van der Waals surface area (Å²) >= 11 is 0. The van der Waals surface area contributed by atoms with Crippen molar-refractivity contribution in [3.05, 3.63) is 65.9 Å². The highest BCUT2D eigenvalue weighted by molar-refractivity contribution is 6.03. The minimum Gasteiger partial charge on any atom is -0.497 e. The van der Waals surface area contributed by atoms with Crippen LogP contribution in [-0.2, 0) is 22.6 Å². The molecule has 0 bridgehead atoms. The van der Waals surface area contributed by atoms with E-state index in [-0.39, 0.29) is 17.9 Å². The second-order valence-corrected chi connectivity index (χ2v) is 9.04. The van der Waals surface area contributed by atoms with Gasteiger partial charge in [0.05, 0.1) is 25.3 Å². The molecule has 7 heteroatoms. The normalized spacial score (nSPS) is 22.4. The molecule has 1 aromatic heterocycles. The summed E-state index contributed by atoms with van der Waals surface area (Å²) in [5, 5.41) is 4.02. The molecule has 2 aromatic carbocycles. The van der Waals surface area contributed by atoms with E-state index in [0.29, 0.717) is 31.1 Å². The van der Waals surface area contributed by atoms with Crippen LogP contribution in [0.2, 0.25) is 0 Å². The van der Waals surface area contributed by atoms with E-state index in [9.17, 15) is 9.59 Å². The maximum atomic E-state index is 13.8. The van der Waals surface area contributed by atoms with Crippen LogP contribution in [0.4, 0.5) is 0 Å². The van der Waals surface area contributed by atoms with E-state index in [0.717, 1.165) is 35.9 Å². The van der Waals surface area contributed by atoms with Crippen molar-refractivity contribution in [1.29, 1.82) is 0 Å². The van der Waals surface area contributed by atoms with Crippen LogP contribution < -0.4 is 10.1 Å². The summed E-state index contributed by atoms with van der Waals surface area (Å²) in [5.74, 6) is 0.389. The Bertz CT molecular complexity index is 1180. The van der Waals surface area contributed by atoms with Crippen LogP contribution in [0.15, 0.2) is 54.6 Å². The molecule has 0 radical (unpaired) electrons. The van der Waals surface area contributed by atoms with E-state index < -0.39 is 5.54 Å². The van der Waals surface area contributed by atoms with Gasteiger partial charge in [0.25, 0.3) is 5.91 Å². The van der Waals surface area contributed by atoms with Crippen LogP contribution >= 0.6 is 0 Å². The number of rotatable bonds is 6. The van der Waals surface area contributed by atoms with Gasteiger partial charge in [0.15, 0.2) is 0 Å². The van der Waals surface area contributed by atoms with Gasteiger partial charge >= 0.3 is 0 Å². The first-order chi connectivity index (χ1) is 16.0. The molecule has 2 aliphatic heterocycles. The van der Waals surface area contributed by atoms with Crippen LogP contribution in [0.3, 0.4) is 0 Å². The van der Waals surface area contributed by atoms with Crippen molar-refractivity contribution in [1.82, 2.24) is 14.8 Å². The molecule has 0 aliphatic carbocycles. The van der Waals surface area contributed by atoms with E-state index in [1.807, 2.05) is 66.1 Å². The highest BCUT2D eigenvalue weighted by atomic mass is 16.5. The van der Waals surface area contributed by atoms with Crippen LogP contribution in [0, 0.1) is 0 Å². The molecule has 33 heavy (non-hydrogen) atoms. The van der Waals surface area contributed by atoms with Crippen LogP contribution in [0.25, 0.3) is 10.9 Å². The third-order valence-electron chi connectivity index (χ3n) is 6.82. The predicted octanol–water partition coefficient (Wildman–Crippen LogP) is 3.36. The SMILES string of the molecule is COc1ccc2cc3n(c2c1)C[C@](C)(C(=O)NC[C@H]1CCCO1)N(Cc1ccccc1)C3=O. The Labute approximate surface area is 193 Å². The van der Waals surface area contributed by atoms with Crippen LogP contribution in [0.5, 0.6) is 5.75 Å². The van der Waals surface area contributed by atoms with Crippen molar-refractivity contribution in [2.45, 2.75) is 44.5 Å². The maximum absolute atomic E-state index is 13.8. The van der Waals surface area contributed by atoms with Gasteiger partial charge in [-0.25, -0.2) is 0 Å². The molecule has 2 aliphatic rings. The number of fused-ring (bicyclic) bond motifs is 3. The quantitative estimate of drug-likeness (QED) is 0.629. The lowest BCUT2D eigenvalue weighted by Gasteiger charge is -2.44. The van der Waals surface area contributed by atoms with Crippen molar-refractivity contribution in [2.24, 2.45) is 0 Å². The first-order valence-corrected chi connectivity index (χ1v) is 11.4. The van der Waals surface area contributed by atoms with Crippen molar-refractivity contribution in [2.75, 3.05) is 20.3 Å². The molecule has 1 saturated heterocycles. The third-order valence-corrected chi connectivity index (χ3v) is 6.82. The van der Waals surface area contributed by atoms with Crippen molar-refractivity contribution < 1.29 is 19.1 Å². The first-order valence-electron chi connectivity index (χ1n) is 11.4. The zero-order valence-electron chi connectivity index (χ0n) is 19.0. The lowest BCUT2D eigenvalue weighted by Crippen LogP contribution is -2.64. The number of nitrogens with zero attached hydrogens (tertiary/aromatic N) is 2. The Morgan fingerprint density at radius 3 is 2.76 bits per heavy atom. The van der Waals surface area contributed by atoms with E-state index in [1.165, 1.54) is 0 Å². The van der Waals surface area contributed by atoms with E-state index in [4.69, 9.17) is 9.47 Å². The van der Waals surface area contributed by atoms with Crippen LogP contribution in [0.1, 0.15) is 35.8 Å². The number of hydrogen-bond acceptors (Lipinski definition) is 4. The topological polar surface area (TPSA) is 72.8 Å². The number of carbonyl (C=O) groups excluding carboxylic acids is 2. The molecule has 3 aromatic rings. The fraction of sp³-hybridized carbons (Fsp3) is 0.385. The lowest BCUT2D eigenvalue weighted by atomic mass is 9.93. The largest absolute Gasteiger partial charge is 0.497 e. The van der Waals surface area contributed by atoms with Gasteiger partial charge in [-0.1, -0.05) is 30.3 Å². The first kappa shape index (κ1) is 21.5. The molecular weight excluding hydrogens is 418 g/mol. The van der Waals surface area contributed by atoms with Gasteiger partial charge in [-0.3, -0.25) is 9.59 Å². The molecule has 1 N–H and O–H groups in total. The van der Waals surface area contributed by atoms with Gasteiger partial charge in [0.2, 0.25) is 5.91 Å². The van der Waals surface area contributed by atoms with E-state index in [1.54, 1.807) is 12.0 Å². The monoisotopic (exact) mass is 447 g/mol. The molecule has 5 rings (SSSR count). The van der Waals surface area contributed by atoms with Crippen molar-refractivity contribution >= 4 is 22.7 Å². The number of nitrogens with one attached hydrogen (secondary N) is 1. The van der Waals surface area contributed by atoms with Gasteiger partial charge in [-0.2, -0.15) is 0 Å². The van der Waals surface area contributed by atoms with Gasteiger partial charge in [-0.15, -0.1) is 0 Å². The van der Waals surface area contributed by atoms with E-state index in [2.05, 4.69) is 5.32 Å². The lowest BCUT2D eigenvalue weighted by molar-refractivity contribution is -0.133. The van der Waals surface area contributed by atoms with Gasteiger partial charge < -0.3 is 24.3 Å². The summed E-state index contributed by atoms with van der Waals surface area (Å²) in [7, 11) is 1.62. The zero-order chi connectivity index (χ0) is 23.0. The Balaban J connectivity index is 1.53. The third kappa shape index (κ3) is 3.86. The standard InChI is InChI=1S/C26H29N3O4/c1-26(25(31)27-15-21-9-6-12-33-21)17-28-22-14-20(32-2)11-10-19(22)13-23(28)24(30)29(26)16-18-7-4-3-5-8-18/h3-5,7-8,10-11,13-14,21H,6,9,12,15-17H2,1-2H3,(H,27,31)/t21-,26-/m1/s1. The van der Waals surface area contributed by atoms with Gasteiger partial charge in [-0.05, 0) is 43.5 Å². The summed E-state index contributed by atoms with van der Waals surface area (Å²) in [5.41, 5.74) is 1.39. The average molecular weight is 448 g/mol. The Kier molecular flexibility index (Phi) is 5.58. The summed E-state index contributed by atoms with van der Waals surface area (Å²) in [6, 6.07) is 17.4. The number of hydrogen-bond donors (Lipinski definition) is 1. The molecule has 0 saturated carbocycles.